The summed E-state index contributed by atoms with van der Waals surface area (Å²) in [7, 11) is 0. The Kier molecular flexibility index (Phi) is 5.92. The van der Waals surface area contributed by atoms with E-state index in [1.54, 1.807) is 36.0 Å². The summed E-state index contributed by atoms with van der Waals surface area (Å²) >= 11 is 1.57. The van der Waals surface area contributed by atoms with Crippen molar-refractivity contribution in [2.45, 2.75) is 12.2 Å². The van der Waals surface area contributed by atoms with E-state index in [1.807, 2.05) is 18.2 Å². The molecule has 0 aromatic heterocycles. The fourth-order valence-corrected chi connectivity index (χ4v) is 3.58. The van der Waals surface area contributed by atoms with Crippen LogP contribution in [-0.2, 0) is 21.8 Å². The zero-order valence-electron chi connectivity index (χ0n) is 14.1. The molecule has 0 saturated carbocycles. The van der Waals surface area contributed by atoms with Gasteiger partial charge in [-0.15, -0.1) is 11.8 Å². The predicted molar refractivity (Wildman–Crippen MR) is 107 cm³/mol. The van der Waals surface area contributed by atoms with Crippen LogP contribution in [0.25, 0.3) is 10.8 Å². The number of hydrogen-bond donors (Lipinski definition) is 2. The summed E-state index contributed by atoms with van der Waals surface area (Å²) in [5.74, 6) is 0.194. The molecular formula is C21H19NO3S. The third kappa shape index (κ3) is 4.86. The summed E-state index contributed by atoms with van der Waals surface area (Å²) in [6, 6.07) is 21.3. The second kappa shape index (κ2) is 8.54. The third-order valence-corrected chi connectivity index (χ3v) is 4.95. The highest BCUT2D eigenvalue weighted by molar-refractivity contribution is 7.99. The third-order valence-electron chi connectivity index (χ3n) is 3.96. The molecule has 0 heterocycles. The molecule has 0 aliphatic heterocycles. The van der Waals surface area contributed by atoms with Crippen LogP contribution in [0.4, 0.5) is 5.69 Å². The Labute approximate surface area is 156 Å². The Hall–Kier alpha value is -2.79. The van der Waals surface area contributed by atoms with Crippen LogP contribution in [-0.4, -0.2) is 22.7 Å². The molecule has 4 nitrogen and oxygen atoms in total. The van der Waals surface area contributed by atoms with Crippen molar-refractivity contribution in [2.24, 2.45) is 0 Å². The summed E-state index contributed by atoms with van der Waals surface area (Å²) in [5, 5.41) is 14.0. The van der Waals surface area contributed by atoms with Crippen LogP contribution in [0.2, 0.25) is 0 Å². The van der Waals surface area contributed by atoms with E-state index in [0.717, 1.165) is 5.75 Å². The molecule has 3 rings (SSSR count). The van der Waals surface area contributed by atoms with E-state index in [9.17, 15) is 9.59 Å². The predicted octanol–water partition coefficient (Wildman–Crippen LogP) is 4.34. The Bertz CT molecular complexity index is 917. The number of benzene rings is 3. The van der Waals surface area contributed by atoms with Crippen LogP contribution in [0, 0.1) is 0 Å². The standard InChI is InChI=1S/C21H19NO3S/c23-20(22-18-10-8-15(9-11-18)12-21(24)25)14-26-13-17-6-3-5-16-4-1-2-7-19(16)17/h1-11H,12-14H2,(H,22,23)(H,24,25). The molecule has 0 unspecified atom stereocenters. The van der Waals surface area contributed by atoms with Gasteiger partial charge in [0, 0.05) is 11.4 Å². The number of fused-ring (bicyclic) bond motifs is 1. The number of rotatable bonds is 7. The monoisotopic (exact) mass is 365 g/mol. The quantitative estimate of drug-likeness (QED) is 0.654. The number of carboxylic acids is 1. The lowest BCUT2D eigenvalue weighted by Crippen LogP contribution is -2.14. The largest absolute Gasteiger partial charge is 0.481 e. The zero-order chi connectivity index (χ0) is 18.4. The van der Waals surface area contributed by atoms with Crippen molar-refractivity contribution in [3.05, 3.63) is 77.9 Å². The second-order valence-electron chi connectivity index (χ2n) is 5.95. The van der Waals surface area contributed by atoms with Gasteiger partial charge < -0.3 is 10.4 Å². The SMILES string of the molecule is O=C(O)Cc1ccc(NC(=O)CSCc2cccc3ccccc23)cc1. The number of anilines is 1. The van der Waals surface area contributed by atoms with Gasteiger partial charge in [0.2, 0.25) is 5.91 Å². The van der Waals surface area contributed by atoms with Crippen molar-refractivity contribution in [3.63, 3.8) is 0 Å². The number of carbonyl (C=O) groups excluding carboxylic acids is 1. The highest BCUT2D eigenvalue weighted by atomic mass is 32.2. The number of carboxylic acid groups (broad SMARTS) is 1. The van der Waals surface area contributed by atoms with Crippen LogP contribution < -0.4 is 5.32 Å². The number of amides is 1. The fourth-order valence-electron chi connectivity index (χ4n) is 2.75. The maximum absolute atomic E-state index is 12.1. The van der Waals surface area contributed by atoms with E-state index in [4.69, 9.17) is 5.11 Å². The zero-order valence-corrected chi connectivity index (χ0v) is 15.0. The molecule has 2 N–H and O–H groups in total. The number of hydrogen-bond acceptors (Lipinski definition) is 3. The Morgan fingerprint density at radius 3 is 2.42 bits per heavy atom. The molecule has 0 atom stereocenters. The molecule has 3 aromatic rings. The summed E-state index contributed by atoms with van der Waals surface area (Å²) < 4.78 is 0. The van der Waals surface area contributed by atoms with Gasteiger partial charge in [-0.25, -0.2) is 0 Å². The van der Waals surface area contributed by atoms with Gasteiger partial charge in [-0.1, -0.05) is 54.6 Å². The number of nitrogens with one attached hydrogen (secondary N) is 1. The molecule has 0 fully saturated rings. The van der Waals surface area contributed by atoms with Crippen molar-refractivity contribution in [1.82, 2.24) is 0 Å². The molecule has 1 amide bonds. The van der Waals surface area contributed by atoms with Crippen molar-refractivity contribution in [1.29, 1.82) is 0 Å². The highest BCUT2D eigenvalue weighted by Gasteiger charge is 2.06. The summed E-state index contributed by atoms with van der Waals surface area (Å²) in [6.45, 7) is 0. The molecule has 5 heteroatoms. The van der Waals surface area contributed by atoms with Gasteiger partial charge in [0.05, 0.1) is 12.2 Å². The first-order valence-electron chi connectivity index (χ1n) is 8.27. The molecule has 0 saturated heterocycles. The molecule has 0 aliphatic carbocycles. The van der Waals surface area contributed by atoms with Crippen LogP contribution in [0.1, 0.15) is 11.1 Å². The Morgan fingerprint density at radius 2 is 1.65 bits per heavy atom. The minimum atomic E-state index is -0.869. The molecule has 0 spiro atoms. The van der Waals surface area contributed by atoms with E-state index >= 15 is 0 Å². The molecule has 0 bridgehead atoms. The lowest BCUT2D eigenvalue weighted by atomic mass is 10.1. The number of carbonyl (C=O) groups is 2. The van der Waals surface area contributed by atoms with Crippen LogP contribution in [0.3, 0.4) is 0 Å². The molecule has 0 radical (unpaired) electrons. The Morgan fingerprint density at radius 1 is 0.923 bits per heavy atom. The van der Waals surface area contributed by atoms with E-state index in [0.29, 0.717) is 17.0 Å². The molecular weight excluding hydrogens is 346 g/mol. The first kappa shape index (κ1) is 18.0. The molecule has 132 valence electrons. The average molecular weight is 365 g/mol. The molecule has 3 aromatic carbocycles. The van der Waals surface area contributed by atoms with E-state index in [1.165, 1.54) is 16.3 Å². The second-order valence-corrected chi connectivity index (χ2v) is 6.93. The maximum atomic E-state index is 12.1. The van der Waals surface area contributed by atoms with Gasteiger partial charge >= 0.3 is 5.97 Å². The normalized spacial score (nSPS) is 10.6. The minimum Gasteiger partial charge on any atom is -0.481 e. The van der Waals surface area contributed by atoms with Crippen molar-refractivity contribution in [2.75, 3.05) is 11.1 Å². The van der Waals surface area contributed by atoms with Crippen LogP contribution >= 0.6 is 11.8 Å². The fraction of sp³-hybridized carbons (Fsp3) is 0.143. The van der Waals surface area contributed by atoms with Gasteiger partial charge in [-0.05, 0) is 34.0 Å². The number of aliphatic carboxylic acids is 1. The van der Waals surface area contributed by atoms with Crippen molar-refractivity contribution in [3.8, 4) is 0 Å². The minimum absolute atomic E-state index is 0.0187. The molecule has 0 aliphatic rings. The van der Waals surface area contributed by atoms with E-state index < -0.39 is 5.97 Å². The topological polar surface area (TPSA) is 66.4 Å². The van der Waals surface area contributed by atoms with Crippen LogP contribution in [0.15, 0.2) is 66.7 Å². The lowest BCUT2D eigenvalue weighted by Gasteiger charge is -2.08. The Balaban J connectivity index is 1.52. The lowest BCUT2D eigenvalue weighted by molar-refractivity contribution is -0.136. The smallest absolute Gasteiger partial charge is 0.307 e. The van der Waals surface area contributed by atoms with Gasteiger partial charge in [-0.2, -0.15) is 0 Å². The summed E-state index contributed by atoms with van der Waals surface area (Å²) in [5.41, 5.74) is 2.61. The summed E-state index contributed by atoms with van der Waals surface area (Å²) in [6.07, 6.45) is -0.0187. The maximum Gasteiger partial charge on any atom is 0.307 e. The number of thioether (sulfide) groups is 1. The molecule has 26 heavy (non-hydrogen) atoms. The first-order valence-corrected chi connectivity index (χ1v) is 9.42. The summed E-state index contributed by atoms with van der Waals surface area (Å²) in [4.78, 5) is 22.8. The van der Waals surface area contributed by atoms with E-state index in [2.05, 4.69) is 29.6 Å². The highest BCUT2D eigenvalue weighted by Crippen LogP contribution is 2.22. The first-order chi connectivity index (χ1) is 12.6. The van der Waals surface area contributed by atoms with Gasteiger partial charge in [0.25, 0.3) is 0 Å². The average Bonchev–Trinajstić information content (AvgIpc) is 2.63. The van der Waals surface area contributed by atoms with Gasteiger partial charge in [0.1, 0.15) is 0 Å². The van der Waals surface area contributed by atoms with Crippen molar-refractivity contribution >= 4 is 40.1 Å². The van der Waals surface area contributed by atoms with Crippen LogP contribution in [0.5, 0.6) is 0 Å². The van der Waals surface area contributed by atoms with Gasteiger partial charge in [-0.3, -0.25) is 9.59 Å². The van der Waals surface area contributed by atoms with Gasteiger partial charge in [0.15, 0.2) is 0 Å². The van der Waals surface area contributed by atoms with E-state index in [-0.39, 0.29) is 12.3 Å². The van der Waals surface area contributed by atoms with Crippen molar-refractivity contribution < 1.29 is 14.7 Å².